The molecule has 0 saturated carbocycles. The van der Waals surface area contributed by atoms with Crippen molar-refractivity contribution in [1.82, 2.24) is 4.57 Å². The molecule has 5 aromatic rings. The number of methoxy groups -OCH3 is 1. The predicted molar refractivity (Wildman–Crippen MR) is 182 cm³/mol. The number of thiophene rings is 1. The van der Waals surface area contributed by atoms with Gasteiger partial charge >= 0.3 is 5.97 Å². The second-order valence-corrected chi connectivity index (χ2v) is 12.9. The molecule has 0 aliphatic carbocycles. The van der Waals surface area contributed by atoms with Crippen molar-refractivity contribution in [3.63, 3.8) is 0 Å². The molecule has 2 aromatic heterocycles. The number of carbonyl (C=O) groups excluding carboxylic acids is 1. The van der Waals surface area contributed by atoms with Crippen molar-refractivity contribution in [1.29, 1.82) is 5.26 Å². The SMILES string of the molecule is CCOC(=O)C1=C(c2ccccc2)N=c2s/c(=C\c3cc(OC)c(OCc4ccccc4C#N)cc3Br)c(=O)n2[C@@H]1c1cccs1. The van der Waals surface area contributed by atoms with Crippen LogP contribution < -0.4 is 24.4 Å². The number of nitriles is 1. The van der Waals surface area contributed by atoms with Crippen LogP contribution in [0, 0.1) is 11.3 Å². The normalized spacial score (nSPS) is 14.3. The molecule has 1 atom stereocenters. The Hall–Kier alpha value is -4.76. The highest BCUT2D eigenvalue weighted by atomic mass is 79.9. The van der Waals surface area contributed by atoms with Crippen molar-refractivity contribution in [3.05, 3.63) is 141 Å². The highest BCUT2D eigenvalue weighted by Crippen LogP contribution is 2.37. The first-order chi connectivity index (χ1) is 22.4. The molecular weight excluding hydrogens is 686 g/mol. The number of hydrogen-bond donors (Lipinski definition) is 0. The highest BCUT2D eigenvalue weighted by molar-refractivity contribution is 9.10. The number of ether oxygens (including phenoxy) is 3. The number of halogens is 1. The molecule has 0 bridgehead atoms. The molecule has 1 aliphatic rings. The second-order valence-electron chi connectivity index (χ2n) is 10.0. The standard InChI is InChI=1S/C35H26BrN3O5S2/c1-3-43-34(41)30-31(21-10-5-4-6-11-21)38-35-39(32(30)28-14-9-15-45-28)33(40)29(46-35)17-24-16-26(42-2)27(18-25(24)36)44-20-23-13-8-7-12-22(23)19-37/h4-18,32H,3,20H2,1-2H3/b29-17-/t32-/m1/s1. The van der Waals surface area contributed by atoms with E-state index in [1.165, 1.54) is 22.7 Å². The summed E-state index contributed by atoms with van der Waals surface area (Å²) in [6.07, 6.45) is 1.77. The number of esters is 1. The van der Waals surface area contributed by atoms with Crippen LogP contribution in [0.25, 0.3) is 11.8 Å². The fraction of sp³-hybridized carbons (Fsp3) is 0.143. The van der Waals surface area contributed by atoms with Gasteiger partial charge in [-0.25, -0.2) is 9.79 Å². The van der Waals surface area contributed by atoms with Crippen LogP contribution in [0.3, 0.4) is 0 Å². The number of benzene rings is 3. The second kappa shape index (κ2) is 13.7. The van der Waals surface area contributed by atoms with E-state index in [1.807, 2.05) is 60.0 Å². The first-order valence-electron chi connectivity index (χ1n) is 14.2. The molecule has 0 radical (unpaired) electrons. The van der Waals surface area contributed by atoms with E-state index >= 15 is 0 Å². The minimum absolute atomic E-state index is 0.180. The van der Waals surface area contributed by atoms with E-state index in [0.717, 1.165) is 16.0 Å². The lowest BCUT2D eigenvalue weighted by Gasteiger charge is -2.24. The summed E-state index contributed by atoms with van der Waals surface area (Å²) in [4.78, 5) is 33.9. The summed E-state index contributed by atoms with van der Waals surface area (Å²) in [6, 6.07) is 25.5. The van der Waals surface area contributed by atoms with Gasteiger partial charge in [0.25, 0.3) is 5.56 Å². The third-order valence-electron chi connectivity index (χ3n) is 7.28. The van der Waals surface area contributed by atoms with Gasteiger partial charge in [0, 0.05) is 20.5 Å². The Labute approximate surface area is 280 Å². The topological polar surface area (TPSA) is 103 Å². The van der Waals surface area contributed by atoms with Gasteiger partial charge in [-0.15, -0.1) is 11.3 Å². The molecule has 0 saturated heterocycles. The number of aromatic nitrogens is 1. The van der Waals surface area contributed by atoms with Gasteiger partial charge in [-0.1, -0.05) is 81.9 Å². The van der Waals surface area contributed by atoms with Crippen LogP contribution in [0.4, 0.5) is 0 Å². The Kier molecular flexibility index (Phi) is 9.30. The molecular formula is C35H26BrN3O5S2. The van der Waals surface area contributed by atoms with Gasteiger partial charge in [0.1, 0.15) is 12.6 Å². The largest absolute Gasteiger partial charge is 0.493 e. The van der Waals surface area contributed by atoms with Crippen molar-refractivity contribution >= 4 is 56.3 Å². The molecule has 1 aliphatic heterocycles. The Morgan fingerprint density at radius 1 is 1.09 bits per heavy atom. The average molecular weight is 713 g/mol. The van der Waals surface area contributed by atoms with Gasteiger partial charge in [0.2, 0.25) is 0 Å². The molecule has 0 amide bonds. The van der Waals surface area contributed by atoms with Crippen LogP contribution in [0.1, 0.15) is 40.1 Å². The summed E-state index contributed by atoms with van der Waals surface area (Å²) in [6.45, 7) is 2.12. The molecule has 8 nitrogen and oxygen atoms in total. The van der Waals surface area contributed by atoms with Crippen molar-refractivity contribution in [2.75, 3.05) is 13.7 Å². The smallest absolute Gasteiger partial charge is 0.338 e. The van der Waals surface area contributed by atoms with Crippen LogP contribution in [0.5, 0.6) is 11.5 Å². The van der Waals surface area contributed by atoms with Gasteiger partial charge in [-0.2, -0.15) is 5.26 Å². The maximum atomic E-state index is 14.2. The van der Waals surface area contributed by atoms with Crippen molar-refractivity contribution in [2.45, 2.75) is 19.6 Å². The van der Waals surface area contributed by atoms with Crippen molar-refractivity contribution in [3.8, 4) is 17.6 Å². The Morgan fingerprint density at radius 2 is 1.87 bits per heavy atom. The summed E-state index contributed by atoms with van der Waals surface area (Å²) >= 11 is 6.34. The molecule has 0 fully saturated rings. The van der Waals surface area contributed by atoms with E-state index < -0.39 is 12.0 Å². The quantitative estimate of drug-likeness (QED) is 0.168. The summed E-state index contributed by atoms with van der Waals surface area (Å²) in [5.74, 6) is 0.423. The van der Waals surface area contributed by atoms with Crippen LogP contribution in [-0.2, 0) is 16.1 Å². The van der Waals surface area contributed by atoms with E-state index in [1.54, 1.807) is 48.9 Å². The van der Waals surface area contributed by atoms with E-state index in [0.29, 0.717) is 47.7 Å². The number of nitrogens with zero attached hydrogens (tertiary/aromatic N) is 3. The molecule has 0 spiro atoms. The lowest BCUT2D eigenvalue weighted by atomic mass is 9.97. The van der Waals surface area contributed by atoms with Crippen LogP contribution in [-0.4, -0.2) is 24.3 Å². The first kappa shape index (κ1) is 31.2. The lowest BCUT2D eigenvalue weighted by molar-refractivity contribution is -0.138. The minimum Gasteiger partial charge on any atom is -0.493 e. The van der Waals surface area contributed by atoms with E-state index in [4.69, 9.17) is 19.2 Å². The van der Waals surface area contributed by atoms with Gasteiger partial charge in [-0.3, -0.25) is 9.36 Å². The number of rotatable bonds is 9. The zero-order valence-electron chi connectivity index (χ0n) is 24.7. The first-order valence-corrected chi connectivity index (χ1v) is 16.7. The third kappa shape index (κ3) is 6.07. The number of fused-ring (bicyclic) bond motifs is 1. The van der Waals surface area contributed by atoms with Gasteiger partial charge in [-0.05, 0) is 48.2 Å². The van der Waals surface area contributed by atoms with Crippen molar-refractivity contribution < 1.29 is 19.0 Å². The summed E-state index contributed by atoms with van der Waals surface area (Å²) in [5.41, 5.74) is 3.25. The van der Waals surface area contributed by atoms with Crippen molar-refractivity contribution in [2.24, 2.45) is 4.99 Å². The molecule has 0 N–H and O–H groups in total. The maximum Gasteiger partial charge on any atom is 0.338 e. The predicted octanol–water partition coefficient (Wildman–Crippen LogP) is 6.22. The lowest BCUT2D eigenvalue weighted by Crippen LogP contribution is -2.39. The van der Waals surface area contributed by atoms with Crippen LogP contribution in [0.15, 0.2) is 104 Å². The molecule has 230 valence electrons. The average Bonchev–Trinajstić information content (AvgIpc) is 3.72. The third-order valence-corrected chi connectivity index (χ3v) is 9.87. The molecule has 6 rings (SSSR count). The van der Waals surface area contributed by atoms with E-state index in [9.17, 15) is 14.9 Å². The zero-order chi connectivity index (χ0) is 32.2. The summed E-state index contributed by atoms with van der Waals surface area (Å²) < 4.78 is 19.9. The summed E-state index contributed by atoms with van der Waals surface area (Å²) in [5, 5.41) is 11.3. The fourth-order valence-electron chi connectivity index (χ4n) is 5.14. The Morgan fingerprint density at radius 3 is 2.59 bits per heavy atom. The Balaban J connectivity index is 1.47. The van der Waals surface area contributed by atoms with E-state index in [-0.39, 0.29) is 18.8 Å². The molecule has 3 aromatic carbocycles. The maximum absolute atomic E-state index is 14.2. The van der Waals surface area contributed by atoms with Crippen LogP contribution in [0.2, 0.25) is 0 Å². The van der Waals surface area contributed by atoms with Gasteiger partial charge < -0.3 is 14.2 Å². The monoisotopic (exact) mass is 711 g/mol. The zero-order valence-corrected chi connectivity index (χ0v) is 27.9. The Bertz CT molecular complexity index is 2180. The minimum atomic E-state index is -0.710. The fourth-order valence-corrected chi connectivity index (χ4v) is 7.39. The summed E-state index contributed by atoms with van der Waals surface area (Å²) in [7, 11) is 1.54. The molecule has 11 heteroatoms. The molecule has 3 heterocycles. The van der Waals surface area contributed by atoms with Gasteiger partial charge in [0.15, 0.2) is 16.3 Å². The molecule has 46 heavy (non-hydrogen) atoms. The van der Waals surface area contributed by atoms with Gasteiger partial charge in [0.05, 0.1) is 41.2 Å². The number of thiazole rings is 1. The highest BCUT2D eigenvalue weighted by Gasteiger charge is 2.35. The number of carbonyl (C=O) groups is 1. The number of hydrogen-bond acceptors (Lipinski definition) is 9. The van der Waals surface area contributed by atoms with Crippen LogP contribution >= 0.6 is 38.6 Å². The van der Waals surface area contributed by atoms with E-state index in [2.05, 4.69) is 22.0 Å². The molecule has 0 unspecified atom stereocenters.